The summed E-state index contributed by atoms with van der Waals surface area (Å²) in [5.41, 5.74) is 1.04. The molecule has 0 N–H and O–H groups in total. The quantitative estimate of drug-likeness (QED) is 0.626. The summed E-state index contributed by atoms with van der Waals surface area (Å²) in [7, 11) is 5.94. The molecule has 2 aromatic carbocycles. The fraction of sp³-hybridized carbons (Fsp3) is 0.300. The molecule has 7 nitrogen and oxygen atoms in total. The van der Waals surface area contributed by atoms with Crippen molar-refractivity contribution in [1.29, 1.82) is 0 Å². The van der Waals surface area contributed by atoms with Gasteiger partial charge in [0.15, 0.2) is 18.1 Å². The minimum absolute atomic E-state index is 0.133. The summed E-state index contributed by atoms with van der Waals surface area (Å²) in [5, 5.41) is 0.621. The highest BCUT2D eigenvalue weighted by Crippen LogP contribution is 2.39. The third-order valence-electron chi connectivity index (χ3n) is 4.01. The minimum Gasteiger partial charge on any atom is -0.493 e. The van der Waals surface area contributed by atoms with Crippen LogP contribution in [-0.4, -0.2) is 51.8 Å². The first-order valence-electron chi connectivity index (χ1n) is 8.35. The van der Waals surface area contributed by atoms with Crippen LogP contribution in [0, 0.1) is 0 Å². The number of carbonyl (C=O) groups is 2. The van der Waals surface area contributed by atoms with Crippen LogP contribution in [0.3, 0.4) is 0 Å². The number of hydrogen-bond acceptors (Lipinski definition) is 6. The van der Waals surface area contributed by atoms with Crippen molar-refractivity contribution in [2.24, 2.45) is 0 Å². The van der Waals surface area contributed by atoms with Gasteiger partial charge in [-0.05, 0) is 29.8 Å². The van der Waals surface area contributed by atoms with E-state index in [-0.39, 0.29) is 23.0 Å². The van der Waals surface area contributed by atoms with Crippen molar-refractivity contribution < 1.29 is 28.5 Å². The van der Waals surface area contributed by atoms with Gasteiger partial charge >= 0.3 is 5.97 Å². The molecule has 0 unspecified atom stereocenters. The first-order valence-corrected chi connectivity index (χ1v) is 8.73. The summed E-state index contributed by atoms with van der Waals surface area (Å²) in [5.74, 6) is -0.192. The Bertz CT molecular complexity index is 837. The van der Waals surface area contributed by atoms with Gasteiger partial charge < -0.3 is 23.8 Å². The van der Waals surface area contributed by atoms with Gasteiger partial charge in [0.2, 0.25) is 5.75 Å². The number of ether oxygens (including phenoxy) is 4. The molecule has 0 spiro atoms. The topological polar surface area (TPSA) is 74.3 Å². The summed E-state index contributed by atoms with van der Waals surface area (Å²) in [6, 6.07) is 10.2. The zero-order valence-corrected chi connectivity index (χ0v) is 16.9. The maximum absolute atomic E-state index is 12.4. The molecule has 8 heteroatoms. The van der Waals surface area contributed by atoms with Crippen molar-refractivity contribution >= 4 is 23.5 Å². The lowest BCUT2D eigenvalue weighted by atomic mass is 10.1. The van der Waals surface area contributed by atoms with Crippen LogP contribution in [0.2, 0.25) is 5.02 Å². The summed E-state index contributed by atoms with van der Waals surface area (Å²) >= 11 is 5.85. The van der Waals surface area contributed by atoms with Gasteiger partial charge in [-0.2, -0.15) is 0 Å². The zero-order chi connectivity index (χ0) is 20.7. The van der Waals surface area contributed by atoms with Gasteiger partial charge in [0.05, 0.1) is 21.3 Å². The molecular formula is C20H22ClNO6. The van der Waals surface area contributed by atoms with Gasteiger partial charge in [-0.25, -0.2) is 4.79 Å². The smallest absolute Gasteiger partial charge is 0.342 e. The van der Waals surface area contributed by atoms with Crippen LogP contribution >= 0.6 is 11.6 Å². The number of benzene rings is 2. The number of hydrogen-bond donors (Lipinski definition) is 0. The molecule has 0 bridgehead atoms. The fourth-order valence-electron chi connectivity index (χ4n) is 2.53. The maximum atomic E-state index is 12.4. The molecule has 0 atom stereocenters. The lowest BCUT2D eigenvalue weighted by molar-refractivity contribution is -0.133. The second-order valence-corrected chi connectivity index (χ2v) is 6.27. The van der Waals surface area contributed by atoms with Gasteiger partial charge in [-0.1, -0.05) is 23.7 Å². The molecule has 0 heterocycles. The van der Waals surface area contributed by atoms with E-state index < -0.39 is 12.6 Å². The zero-order valence-electron chi connectivity index (χ0n) is 16.2. The average Bonchev–Trinajstić information content (AvgIpc) is 2.71. The molecule has 0 aromatic heterocycles. The lowest BCUT2D eigenvalue weighted by Gasteiger charge is -2.18. The second kappa shape index (κ2) is 9.85. The Kier molecular flexibility index (Phi) is 7.52. The molecule has 150 valence electrons. The number of carbonyl (C=O) groups excluding carboxylic acids is 2. The van der Waals surface area contributed by atoms with Crippen LogP contribution in [0.5, 0.6) is 17.2 Å². The van der Waals surface area contributed by atoms with E-state index in [2.05, 4.69) is 0 Å². The molecule has 0 aliphatic rings. The molecule has 2 rings (SSSR count). The van der Waals surface area contributed by atoms with Crippen molar-refractivity contribution in [3.05, 3.63) is 52.5 Å². The Morgan fingerprint density at radius 1 is 0.929 bits per heavy atom. The normalized spacial score (nSPS) is 10.2. The van der Waals surface area contributed by atoms with E-state index in [0.29, 0.717) is 17.3 Å². The summed E-state index contributed by atoms with van der Waals surface area (Å²) in [4.78, 5) is 26.2. The number of likely N-dealkylation sites (N-methyl/N-ethyl adjacent to an activating group) is 1. The second-order valence-electron chi connectivity index (χ2n) is 5.83. The first-order chi connectivity index (χ1) is 13.4. The van der Waals surface area contributed by atoms with E-state index in [0.717, 1.165) is 5.56 Å². The van der Waals surface area contributed by atoms with Gasteiger partial charge in [0, 0.05) is 18.6 Å². The lowest BCUT2D eigenvalue weighted by Crippen LogP contribution is -2.30. The van der Waals surface area contributed by atoms with E-state index in [4.69, 9.17) is 30.5 Å². The predicted octanol–water partition coefficient (Wildman–Crippen LogP) is 3.18. The third kappa shape index (κ3) is 5.07. The molecule has 0 aliphatic carbocycles. The summed E-state index contributed by atoms with van der Waals surface area (Å²) in [6.45, 7) is -0.0341. The van der Waals surface area contributed by atoms with Crippen LogP contribution in [-0.2, 0) is 16.1 Å². The van der Waals surface area contributed by atoms with Crippen molar-refractivity contribution in [3.63, 3.8) is 0 Å². The molecule has 0 saturated heterocycles. The molecule has 0 fully saturated rings. The van der Waals surface area contributed by atoms with Crippen LogP contribution in [0.4, 0.5) is 0 Å². The highest BCUT2D eigenvalue weighted by Gasteiger charge is 2.22. The molecule has 0 radical (unpaired) electrons. The number of nitrogens with zero attached hydrogens (tertiary/aromatic N) is 1. The third-order valence-corrected chi connectivity index (χ3v) is 4.26. The number of amides is 1. The number of methoxy groups -OCH3 is 3. The van der Waals surface area contributed by atoms with Crippen molar-refractivity contribution in [2.45, 2.75) is 6.54 Å². The van der Waals surface area contributed by atoms with Crippen LogP contribution in [0.1, 0.15) is 15.9 Å². The molecule has 0 aliphatic heterocycles. The Morgan fingerprint density at radius 2 is 1.57 bits per heavy atom. The number of esters is 1. The van der Waals surface area contributed by atoms with Gasteiger partial charge in [0.25, 0.3) is 5.91 Å². The van der Waals surface area contributed by atoms with E-state index in [1.165, 1.54) is 32.3 Å². The summed E-state index contributed by atoms with van der Waals surface area (Å²) in [6.07, 6.45) is 0. The Balaban J connectivity index is 2.03. The van der Waals surface area contributed by atoms with Gasteiger partial charge in [-0.15, -0.1) is 0 Å². The summed E-state index contributed by atoms with van der Waals surface area (Å²) < 4.78 is 20.8. The largest absolute Gasteiger partial charge is 0.493 e. The predicted molar refractivity (Wildman–Crippen MR) is 104 cm³/mol. The Hall–Kier alpha value is -2.93. The van der Waals surface area contributed by atoms with E-state index in [1.807, 2.05) is 12.1 Å². The molecule has 2 aromatic rings. The molecule has 0 saturated carbocycles. The van der Waals surface area contributed by atoms with Gasteiger partial charge in [-0.3, -0.25) is 4.79 Å². The van der Waals surface area contributed by atoms with E-state index >= 15 is 0 Å². The highest BCUT2D eigenvalue weighted by atomic mass is 35.5. The Labute approximate surface area is 168 Å². The van der Waals surface area contributed by atoms with Crippen LogP contribution < -0.4 is 14.2 Å². The van der Waals surface area contributed by atoms with E-state index in [9.17, 15) is 9.59 Å². The number of rotatable bonds is 8. The fourth-order valence-corrected chi connectivity index (χ4v) is 2.66. The molecule has 1 amide bonds. The van der Waals surface area contributed by atoms with Crippen molar-refractivity contribution in [1.82, 2.24) is 4.90 Å². The van der Waals surface area contributed by atoms with Crippen molar-refractivity contribution in [2.75, 3.05) is 35.0 Å². The molecule has 28 heavy (non-hydrogen) atoms. The monoisotopic (exact) mass is 407 g/mol. The standard InChI is InChI=1S/C20H22ClNO6/c1-22(11-13-5-7-14(21)8-6-13)17(23)12-28-20(24)15-9-10-16(25-2)19(27-4)18(15)26-3/h5-10H,11-12H2,1-4H3. The SMILES string of the molecule is COc1ccc(C(=O)OCC(=O)N(C)Cc2ccc(Cl)cc2)c(OC)c1OC. The Morgan fingerprint density at radius 3 is 2.14 bits per heavy atom. The average molecular weight is 408 g/mol. The number of halogens is 1. The van der Waals surface area contributed by atoms with Crippen LogP contribution in [0.25, 0.3) is 0 Å². The van der Waals surface area contributed by atoms with E-state index in [1.54, 1.807) is 25.2 Å². The maximum Gasteiger partial charge on any atom is 0.342 e. The minimum atomic E-state index is -0.703. The van der Waals surface area contributed by atoms with Crippen LogP contribution in [0.15, 0.2) is 36.4 Å². The molecular weight excluding hydrogens is 386 g/mol. The van der Waals surface area contributed by atoms with Crippen molar-refractivity contribution in [3.8, 4) is 17.2 Å². The first kappa shape index (κ1) is 21.4. The highest BCUT2D eigenvalue weighted by molar-refractivity contribution is 6.30. The van der Waals surface area contributed by atoms with Gasteiger partial charge in [0.1, 0.15) is 5.56 Å².